The van der Waals surface area contributed by atoms with Crippen molar-refractivity contribution in [2.45, 2.75) is 13.0 Å². The smallest absolute Gasteiger partial charge is 0.357 e. The van der Waals surface area contributed by atoms with E-state index in [1.54, 1.807) is 17.0 Å². The summed E-state index contributed by atoms with van der Waals surface area (Å²) in [7, 11) is 3.87. The Morgan fingerprint density at radius 2 is 1.71 bits per heavy atom. The number of aryl methyl sites for hydroxylation is 1. The standard InChI is InChI=1S/C25H28FN5O4/c1-27(2)12-5-13-30-21-7-4-3-6-20(21)22(23(25(30)33)31(34)35)28-14-16-29(17-15-28)24(32)18-8-10-19(26)11-9-18/h3-4,6-11H,5,12-17H2,1-2H3. The Kier molecular flexibility index (Phi) is 7.11. The SMILES string of the molecule is CN(C)CCCn1c(=O)c([N+](=O)[O-])c(N2CCN(C(=O)c3ccc(F)cc3)CC2)c2ccccc21. The maximum Gasteiger partial charge on any atom is 0.357 e. The lowest BCUT2D eigenvalue weighted by molar-refractivity contribution is -0.385. The Bertz CT molecular complexity index is 1300. The number of carbonyl (C=O) groups is 1. The van der Waals surface area contributed by atoms with Crippen molar-refractivity contribution in [2.24, 2.45) is 0 Å². The molecule has 1 aliphatic rings. The number of rotatable bonds is 7. The van der Waals surface area contributed by atoms with E-state index in [4.69, 9.17) is 0 Å². The van der Waals surface area contributed by atoms with Crippen LogP contribution in [-0.4, -0.2) is 72.0 Å². The molecule has 0 N–H and O–H groups in total. The third-order valence-electron chi connectivity index (χ3n) is 6.27. The highest BCUT2D eigenvalue weighted by Gasteiger charge is 2.32. The number of piperazine rings is 1. The molecule has 1 fully saturated rings. The van der Waals surface area contributed by atoms with Crippen LogP contribution in [0.25, 0.3) is 10.9 Å². The second-order valence-electron chi connectivity index (χ2n) is 8.87. The fraction of sp³-hybridized carbons (Fsp3) is 0.360. The van der Waals surface area contributed by atoms with Crippen LogP contribution in [0.5, 0.6) is 0 Å². The predicted octanol–water partition coefficient (Wildman–Crippen LogP) is 2.96. The van der Waals surface area contributed by atoms with Crippen LogP contribution in [0.2, 0.25) is 0 Å². The minimum atomic E-state index is -0.618. The largest absolute Gasteiger partial charge is 0.362 e. The monoisotopic (exact) mass is 481 g/mol. The van der Waals surface area contributed by atoms with Crippen LogP contribution in [0.15, 0.2) is 53.3 Å². The van der Waals surface area contributed by atoms with Gasteiger partial charge in [0.05, 0.1) is 10.4 Å². The second kappa shape index (κ2) is 10.2. The van der Waals surface area contributed by atoms with E-state index in [2.05, 4.69) is 0 Å². The molecule has 0 saturated carbocycles. The van der Waals surface area contributed by atoms with Crippen molar-refractivity contribution in [3.8, 4) is 0 Å². The van der Waals surface area contributed by atoms with Crippen molar-refractivity contribution < 1.29 is 14.1 Å². The number of amides is 1. The molecule has 0 aliphatic carbocycles. The zero-order valence-electron chi connectivity index (χ0n) is 19.8. The molecule has 1 aliphatic heterocycles. The molecule has 4 rings (SSSR count). The molecule has 1 amide bonds. The molecule has 0 radical (unpaired) electrons. The Morgan fingerprint density at radius 3 is 2.34 bits per heavy atom. The van der Waals surface area contributed by atoms with Crippen molar-refractivity contribution in [3.05, 3.63) is 80.4 Å². The molecule has 10 heteroatoms. The highest BCUT2D eigenvalue weighted by molar-refractivity contribution is 5.97. The first-order valence-electron chi connectivity index (χ1n) is 11.5. The molecule has 1 saturated heterocycles. The number of benzene rings is 2. The van der Waals surface area contributed by atoms with Crippen molar-refractivity contribution in [3.63, 3.8) is 0 Å². The predicted molar refractivity (Wildman–Crippen MR) is 133 cm³/mol. The maximum atomic E-state index is 13.3. The quantitative estimate of drug-likeness (QED) is 0.381. The van der Waals surface area contributed by atoms with Crippen molar-refractivity contribution >= 4 is 28.2 Å². The highest BCUT2D eigenvalue weighted by Crippen LogP contribution is 2.34. The van der Waals surface area contributed by atoms with Gasteiger partial charge < -0.3 is 19.3 Å². The van der Waals surface area contributed by atoms with Gasteiger partial charge in [-0.15, -0.1) is 0 Å². The van der Waals surface area contributed by atoms with E-state index in [0.717, 1.165) is 6.54 Å². The normalized spacial score (nSPS) is 14.1. The first kappa shape index (κ1) is 24.3. The van der Waals surface area contributed by atoms with Crippen LogP contribution in [-0.2, 0) is 6.54 Å². The molecular weight excluding hydrogens is 453 g/mol. The molecule has 1 aromatic heterocycles. The molecule has 9 nitrogen and oxygen atoms in total. The van der Waals surface area contributed by atoms with Crippen molar-refractivity contribution in [2.75, 3.05) is 51.7 Å². The fourth-order valence-corrected chi connectivity index (χ4v) is 4.54. The van der Waals surface area contributed by atoms with Gasteiger partial charge in [0, 0.05) is 43.7 Å². The van der Waals surface area contributed by atoms with Crippen molar-refractivity contribution in [1.29, 1.82) is 0 Å². The van der Waals surface area contributed by atoms with Gasteiger partial charge in [-0.3, -0.25) is 19.7 Å². The summed E-state index contributed by atoms with van der Waals surface area (Å²) in [6, 6.07) is 12.6. The van der Waals surface area contributed by atoms with Crippen LogP contribution < -0.4 is 10.5 Å². The number of hydrogen-bond acceptors (Lipinski definition) is 6. The Labute approximate surface area is 202 Å². The molecule has 3 aromatic rings. The van der Waals surface area contributed by atoms with Crippen LogP contribution in [0.3, 0.4) is 0 Å². The summed E-state index contributed by atoms with van der Waals surface area (Å²) >= 11 is 0. The third-order valence-corrected chi connectivity index (χ3v) is 6.27. The second-order valence-corrected chi connectivity index (χ2v) is 8.87. The Morgan fingerprint density at radius 1 is 1.06 bits per heavy atom. The van der Waals surface area contributed by atoms with Gasteiger partial charge in [0.1, 0.15) is 11.5 Å². The van der Waals surface area contributed by atoms with Gasteiger partial charge in [0.25, 0.3) is 5.91 Å². The number of anilines is 1. The lowest BCUT2D eigenvalue weighted by Gasteiger charge is -2.36. The van der Waals surface area contributed by atoms with Gasteiger partial charge in [0.2, 0.25) is 0 Å². The number of nitrogens with zero attached hydrogens (tertiary/aromatic N) is 5. The number of para-hydroxylation sites is 1. The summed E-state index contributed by atoms with van der Waals surface area (Å²) in [6.45, 7) is 2.45. The van der Waals surface area contributed by atoms with Gasteiger partial charge in [-0.05, 0) is 57.4 Å². The highest BCUT2D eigenvalue weighted by atomic mass is 19.1. The third kappa shape index (κ3) is 5.02. The lowest BCUT2D eigenvalue weighted by atomic mass is 10.1. The van der Waals surface area contributed by atoms with Gasteiger partial charge in [-0.25, -0.2) is 4.39 Å². The minimum Gasteiger partial charge on any atom is -0.362 e. The molecule has 184 valence electrons. The number of halogens is 1. The Balaban J connectivity index is 1.66. The van der Waals surface area contributed by atoms with Gasteiger partial charge >= 0.3 is 11.2 Å². The zero-order chi connectivity index (χ0) is 25.1. The fourth-order valence-electron chi connectivity index (χ4n) is 4.54. The van der Waals surface area contributed by atoms with Crippen LogP contribution in [0, 0.1) is 15.9 Å². The number of hydrogen-bond donors (Lipinski definition) is 0. The zero-order valence-corrected chi connectivity index (χ0v) is 19.8. The first-order chi connectivity index (χ1) is 16.8. The summed E-state index contributed by atoms with van der Waals surface area (Å²) < 4.78 is 14.7. The summed E-state index contributed by atoms with van der Waals surface area (Å²) in [5, 5.41) is 12.8. The van der Waals surface area contributed by atoms with E-state index >= 15 is 0 Å². The summed E-state index contributed by atoms with van der Waals surface area (Å²) in [5.74, 6) is -0.637. The van der Waals surface area contributed by atoms with E-state index in [1.807, 2.05) is 36.0 Å². The van der Waals surface area contributed by atoms with Crippen LogP contribution in [0.1, 0.15) is 16.8 Å². The number of fused-ring (bicyclic) bond motifs is 1. The van der Waals surface area contributed by atoms with E-state index in [1.165, 1.54) is 28.8 Å². The molecule has 0 atom stereocenters. The van der Waals surface area contributed by atoms with E-state index in [9.17, 15) is 24.1 Å². The lowest BCUT2D eigenvalue weighted by Crippen LogP contribution is -2.49. The van der Waals surface area contributed by atoms with Crippen molar-refractivity contribution in [1.82, 2.24) is 14.4 Å². The topological polar surface area (TPSA) is 91.9 Å². The summed E-state index contributed by atoms with van der Waals surface area (Å²) in [4.78, 5) is 43.1. The average molecular weight is 482 g/mol. The molecule has 0 spiro atoms. The minimum absolute atomic E-state index is 0.222. The summed E-state index contributed by atoms with van der Waals surface area (Å²) in [5.41, 5.74) is 0.283. The van der Waals surface area contributed by atoms with Gasteiger partial charge in [-0.1, -0.05) is 18.2 Å². The van der Waals surface area contributed by atoms with E-state index in [-0.39, 0.29) is 5.91 Å². The number of pyridine rings is 1. The first-order valence-corrected chi connectivity index (χ1v) is 11.5. The van der Waals surface area contributed by atoms with E-state index < -0.39 is 22.0 Å². The van der Waals surface area contributed by atoms with E-state index in [0.29, 0.717) is 61.3 Å². The molecule has 0 bridgehead atoms. The Hall–Kier alpha value is -3.79. The number of nitro groups is 1. The maximum absolute atomic E-state index is 13.3. The number of aromatic nitrogens is 1. The van der Waals surface area contributed by atoms with Crippen LogP contribution >= 0.6 is 0 Å². The molecule has 2 aromatic carbocycles. The molecular formula is C25H28FN5O4. The summed E-state index contributed by atoms with van der Waals surface area (Å²) in [6.07, 6.45) is 0.678. The van der Waals surface area contributed by atoms with Crippen LogP contribution in [0.4, 0.5) is 15.8 Å². The molecule has 2 heterocycles. The molecule has 0 unspecified atom stereocenters. The molecule has 35 heavy (non-hydrogen) atoms. The van der Waals surface area contributed by atoms with Gasteiger partial charge in [0.15, 0.2) is 0 Å². The average Bonchev–Trinajstić information content (AvgIpc) is 2.84. The number of carbonyl (C=O) groups excluding carboxylic acids is 1. The van der Waals surface area contributed by atoms with Gasteiger partial charge in [-0.2, -0.15) is 0 Å².